The Morgan fingerprint density at radius 3 is 2.44 bits per heavy atom. The summed E-state index contributed by atoms with van der Waals surface area (Å²) >= 11 is 6.22. The summed E-state index contributed by atoms with van der Waals surface area (Å²) in [6.45, 7) is 0.152. The number of hydrogen-bond donors (Lipinski definition) is 2. The summed E-state index contributed by atoms with van der Waals surface area (Å²) in [6, 6.07) is 16.8. The number of carbonyl (C=O) groups is 3. The SMILES string of the molecule is O=C(O)CCC(=O)N[C@@H](CC(=O)OCc1ccccc1)Cc1ccc(C2=CC=CC(Cl)C2)cc1. The van der Waals surface area contributed by atoms with Gasteiger partial charge in [-0.15, -0.1) is 11.6 Å². The first-order valence-corrected chi connectivity index (χ1v) is 11.6. The molecule has 1 unspecified atom stereocenters. The number of benzene rings is 2. The maximum Gasteiger partial charge on any atom is 0.308 e. The van der Waals surface area contributed by atoms with E-state index in [2.05, 4.69) is 5.32 Å². The van der Waals surface area contributed by atoms with E-state index in [-0.39, 0.29) is 31.2 Å². The first kappa shape index (κ1) is 25.2. The number of nitrogens with one attached hydrogen (secondary N) is 1. The van der Waals surface area contributed by atoms with Crippen molar-refractivity contribution in [2.24, 2.45) is 0 Å². The van der Waals surface area contributed by atoms with E-state index in [1.807, 2.05) is 72.8 Å². The van der Waals surface area contributed by atoms with Gasteiger partial charge in [0.2, 0.25) is 5.91 Å². The Kier molecular flexibility index (Phi) is 9.47. The highest BCUT2D eigenvalue weighted by Crippen LogP contribution is 2.26. The molecule has 0 fully saturated rings. The zero-order valence-corrected chi connectivity index (χ0v) is 19.5. The molecule has 0 heterocycles. The second kappa shape index (κ2) is 12.8. The second-order valence-corrected chi connectivity index (χ2v) is 8.77. The minimum Gasteiger partial charge on any atom is -0.481 e. The Labute approximate surface area is 204 Å². The number of alkyl halides is 1. The van der Waals surface area contributed by atoms with E-state index in [1.54, 1.807) is 0 Å². The van der Waals surface area contributed by atoms with E-state index in [0.29, 0.717) is 6.42 Å². The summed E-state index contributed by atoms with van der Waals surface area (Å²) in [4.78, 5) is 35.5. The topological polar surface area (TPSA) is 92.7 Å². The van der Waals surface area contributed by atoms with Crippen molar-refractivity contribution in [3.63, 3.8) is 0 Å². The third-order valence-electron chi connectivity index (χ3n) is 5.43. The zero-order valence-electron chi connectivity index (χ0n) is 18.8. The van der Waals surface area contributed by atoms with Gasteiger partial charge in [-0.1, -0.05) is 72.8 Å². The maximum atomic E-state index is 12.5. The number of aliphatic carboxylic acids is 1. The number of hydrogen-bond acceptors (Lipinski definition) is 4. The fourth-order valence-electron chi connectivity index (χ4n) is 3.68. The molecule has 3 rings (SSSR count). The average Bonchev–Trinajstić information content (AvgIpc) is 2.82. The van der Waals surface area contributed by atoms with Gasteiger partial charge in [-0.3, -0.25) is 14.4 Å². The van der Waals surface area contributed by atoms with Crippen molar-refractivity contribution in [2.45, 2.75) is 50.1 Å². The van der Waals surface area contributed by atoms with Crippen LogP contribution in [-0.4, -0.2) is 34.4 Å². The van der Waals surface area contributed by atoms with E-state index in [4.69, 9.17) is 21.4 Å². The highest BCUT2D eigenvalue weighted by molar-refractivity contribution is 6.22. The maximum absolute atomic E-state index is 12.5. The lowest BCUT2D eigenvalue weighted by Crippen LogP contribution is -2.38. The monoisotopic (exact) mass is 481 g/mol. The van der Waals surface area contributed by atoms with Crippen molar-refractivity contribution >= 4 is 35.0 Å². The summed E-state index contributed by atoms with van der Waals surface area (Å²) in [7, 11) is 0. The van der Waals surface area contributed by atoms with Crippen molar-refractivity contribution < 1.29 is 24.2 Å². The lowest BCUT2D eigenvalue weighted by molar-refractivity contribution is -0.146. The summed E-state index contributed by atoms with van der Waals surface area (Å²) in [5.41, 5.74) is 4.04. The van der Waals surface area contributed by atoms with E-state index in [9.17, 15) is 14.4 Å². The molecule has 2 aromatic carbocycles. The molecule has 0 aromatic heterocycles. The molecule has 6 nitrogen and oxygen atoms in total. The molecule has 2 N–H and O–H groups in total. The van der Waals surface area contributed by atoms with Crippen LogP contribution in [0, 0.1) is 0 Å². The van der Waals surface area contributed by atoms with Crippen LogP contribution < -0.4 is 5.32 Å². The first-order chi connectivity index (χ1) is 16.4. The lowest BCUT2D eigenvalue weighted by atomic mass is 9.95. The Morgan fingerprint density at radius 1 is 1.03 bits per heavy atom. The predicted octanol–water partition coefficient (Wildman–Crippen LogP) is 4.66. The molecule has 34 heavy (non-hydrogen) atoms. The largest absolute Gasteiger partial charge is 0.481 e. The second-order valence-electron chi connectivity index (χ2n) is 8.21. The summed E-state index contributed by atoms with van der Waals surface area (Å²) in [5, 5.41) is 11.6. The Hall–Kier alpha value is -3.38. The first-order valence-electron chi connectivity index (χ1n) is 11.2. The highest BCUT2D eigenvalue weighted by Gasteiger charge is 2.19. The molecule has 0 aliphatic heterocycles. The standard InChI is InChI=1S/C27H28ClNO5/c28-23-8-4-7-22(16-23)21-11-9-19(10-12-21)15-24(29-25(30)13-14-26(31)32)17-27(33)34-18-20-5-2-1-3-6-20/h1-12,23-24H,13-18H2,(H,29,30)(H,31,32)/t23?,24-/m1/s1. The van der Waals surface area contributed by atoms with Gasteiger partial charge in [0.1, 0.15) is 6.61 Å². The molecule has 0 saturated carbocycles. The number of amides is 1. The quantitative estimate of drug-likeness (QED) is 0.359. The summed E-state index contributed by atoms with van der Waals surface area (Å²) < 4.78 is 5.37. The molecule has 0 radical (unpaired) electrons. The van der Waals surface area contributed by atoms with E-state index >= 15 is 0 Å². The van der Waals surface area contributed by atoms with Gasteiger partial charge in [0.25, 0.3) is 0 Å². The molecule has 1 amide bonds. The van der Waals surface area contributed by atoms with E-state index in [0.717, 1.165) is 28.7 Å². The van der Waals surface area contributed by atoms with Crippen LogP contribution in [0.1, 0.15) is 42.4 Å². The van der Waals surface area contributed by atoms with Crippen LogP contribution in [0.2, 0.25) is 0 Å². The zero-order chi connectivity index (χ0) is 24.3. The minimum absolute atomic E-state index is 0.0166. The van der Waals surface area contributed by atoms with Crippen LogP contribution in [0.3, 0.4) is 0 Å². The third-order valence-corrected chi connectivity index (χ3v) is 5.73. The van der Waals surface area contributed by atoms with Gasteiger partial charge < -0.3 is 15.2 Å². The number of halogens is 1. The fraction of sp³-hybridized carbons (Fsp3) is 0.296. The fourth-order valence-corrected chi connectivity index (χ4v) is 3.93. The van der Waals surface area contributed by atoms with Crippen LogP contribution in [0.5, 0.6) is 0 Å². The van der Waals surface area contributed by atoms with Gasteiger partial charge in [-0.2, -0.15) is 0 Å². The Balaban J connectivity index is 1.63. The number of carboxylic acids is 1. The molecule has 0 bridgehead atoms. The number of esters is 1. The van der Waals surface area contributed by atoms with E-state index in [1.165, 1.54) is 0 Å². The molecule has 178 valence electrons. The average molecular weight is 482 g/mol. The number of rotatable bonds is 11. The van der Waals surface area contributed by atoms with Crippen LogP contribution in [-0.2, 0) is 32.1 Å². The minimum atomic E-state index is -1.05. The van der Waals surface area contributed by atoms with Crippen molar-refractivity contribution in [2.75, 3.05) is 0 Å². The van der Waals surface area contributed by atoms with Gasteiger partial charge >= 0.3 is 11.9 Å². The summed E-state index contributed by atoms with van der Waals surface area (Å²) in [5.74, 6) is -1.89. The Morgan fingerprint density at radius 2 is 1.76 bits per heavy atom. The summed E-state index contributed by atoms with van der Waals surface area (Å²) in [6.07, 6.45) is 6.69. The molecular weight excluding hydrogens is 454 g/mol. The van der Waals surface area contributed by atoms with Crippen molar-refractivity contribution in [3.05, 3.63) is 89.5 Å². The van der Waals surface area contributed by atoms with Gasteiger partial charge in [-0.25, -0.2) is 0 Å². The number of allylic oxidation sites excluding steroid dienone is 4. The normalized spacial score (nSPS) is 15.8. The van der Waals surface area contributed by atoms with Crippen LogP contribution in [0.4, 0.5) is 0 Å². The lowest BCUT2D eigenvalue weighted by Gasteiger charge is -2.19. The number of carbonyl (C=O) groups excluding carboxylic acids is 2. The van der Waals surface area contributed by atoms with Gasteiger partial charge in [0, 0.05) is 12.5 Å². The van der Waals surface area contributed by atoms with Gasteiger partial charge in [0.05, 0.1) is 18.2 Å². The van der Waals surface area contributed by atoms with E-state index < -0.39 is 23.9 Å². The van der Waals surface area contributed by atoms with Crippen LogP contribution in [0.15, 0.2) is 72.8 Å². The van der Waals surface area contributed by atoms with Gasteiger partial charge in [0.15, 0.2) is 0 Å². The van der Waals surface area contributed by atoms with Crippen LogP contribution >= 0.6 is 11.6 Å². The third kappa shape index (κ3) is 8.52. The van der Waals surface area contributed by atoms with Crippen LogP contribution in [0.25, 0.3) is 5.57 Å². The molecule has 2 aromatic rings. The van der Waals surface area contributed by atoms with Crippen molar-refractivity contribution in [1.82, 2.24) is 5.32 Å². The molecular formula is C27H28ClNO5. The molecule has 2 atom stereocenters. The number of ether oxygens (including phenoxy) is 1. The smallest absolute Gasteiger partial charge is 0.308 e. The number of carboxylic acid groups (broad SMARTS) is 1. The predicted molar refractivity (Wildman–Crippen MR) is 131 cm³/mol. The molecule has 1 aliphatic rings. The Bertz CT molecular complexity index is 1050. The molecule has 0 spiro atoms. The van der Waals surface area contributed by atoms with Gasteiger partial charge in [-0.05, 0) is 35.1 Å². The molecule has 0 saturated heterocycles. The molecule has 1 aliphatic carbocycles. The van der Waals surface area contributed by atoms with Crippen molar-refractivity contribution in [3.8, 4) is 0 Å². The van der Waals surface area contributed by atoms with Crippen molar-refractivity contribution in [1.29, 1.82) is 0 Å². The molecule has 7 heteroatoms. The highest BCUT2D eigenvalue weighted by atomic mass is 35.5.